The summed E-state index contributed by atoms with van der Waals surface area (Å²) in [5, 5.41) is 7.44. The minimum Gasteiger partial charge on any atom is -0.376 e. The maximum absolute atomic E-state index is 12.6. The predicted octanol–water partition coefficient (Wildman–Crippen LogP) is -0.433. The van der Waals surface area contributed by atoms with Crippen molar-refractivity contribution >= 4 is 11.8 Å². The molecule has 8 nitrogen and oxygen atoms in total. The molecular weight excluding hydrogens is 300 g/mol. The molecule has 0 radical (unpaired) electrons. The first-order valence-electron chi connectivity index (χ1n) is 7.63. The Morgan fingerprint density at radius 1 is 1.17 bits per heavy atom. The highest BCUT2D eigenvalue weighted by Crippen LogP contribution is 2.23. The van der Waals surface area contributed by atoms with Gasteiger partial charge in [-0.3, -0.25) is 9.59 Å². The fourth-order valence-electron chi connectivity index (χ4n) is 2.98. The Balaban J connectivity index is 1.76. The van der Waals surface area contributed by atoms with E-state index < -0.39 is 5.60 Å². The van der Waals surface area contributed by atoms with Crippen LogP contribution in [0.5, 0.6) is 0 Å². The molecule has 3 heterocycles. The topological polar surface area (TPSA) is 84.9 Å². The second-order valence-corrected chi connectivity index (χ2v) is 5.88. The molecule has 2 aliphatic heterocycles. The van der Waals surface area contributed by atoms with Crippen molar-refractivity contribution in [1.82, 2.24) is 20.0 Å². The van der Waals surface area contributed by atoms with Crippen LogP contribution in [0.1, 0.15) is 17.3 Å². The summed E-state index contributed by atoms with van der Waals surface area (Å²) in [6, 6.07) is 1.64. The van der Waals surface area contributed by atoms with E-state index in [1.54, 1.807) is 15.9 Å². The van der Waals surface area contributed by atoms with E-state index in [1.165, 1.54) is 19.3 Å². The number of hydrogen-bond acceptors (Lipinski definition) is 6. The van der Waals surface area contributed by atoms with E-state index in [9.17, 15) is 9.59 Å². The molecular formula is C15H20N4O4. The van der Waals surface area contributed by atoms with E-state index in [-0.39, 0.29) is 11.8 Å². The Morgan fingerprint density at radius 2 is 1.96 bits per heavy atom. The fraction of sp³-hybridized carbons (Fsp3) is 0.600. The van der Waals surface area contributed by atoms with Crippen LogP contribution >= 0.6 is 0 Å². The smallest absolute Gasteiger partial charge is 0.255 e. The van der Waals surface area contributed by atoms with Crippen molar-refractivity contribution in [1.29, 1.82) is 0 Å². The lowest BCUT2D eigenvalue weighted by Crippen LogP contribution is -2.60. The van der Waals surface area contributed by atoms with Crippen molar-refractivity contribution in [3.63, 3.8) is 0 Å². The van der Waals surface area contributed by atoms with Crippen molar-refractivity contribution in [3.8, 4) is 0 Å². The van der Waals surface area contributed by atoms with Gasteiger partial charge in [-0.15, -0.1) is 0 Å². The number of amides is 2. The summed E-state index contributed by atoms with van der Waals surface area (Å²) < 4.78 is 11.6. The van der Waals surface area contributed by atoms with Crippen molar-refractivity contribution in [2.45, 2.75) is 12.5 Å². The molecule has 2 fully saturated rings. The van der Waals surface area contributed by atoms with Crippen molar-refractivity contribution in [3.05, 3.63) is 24.0 Å². The molecule has 8 heteroatoms. The van der Waals surface area contributed by atoms with Crippen LogP contribution in [0.3, 0.4) is 0 Å². The van der Waals surface area contributed by atoms with Crippen molar-refractivity contribution < 1.29 is 19.1 Å². The predicted molar refractivity (Wildman–Crippen MR) is 79.7 cm³/mol. The molecule has 1 aromatic rings. The number of nitrogens with zero attached hydrogens (tertiary/aromatic N) is 4. The number of hydrogen-bond donors (Lipinski definition) is 0. The average molecular weight is 320 g/mol. The Labute approximate surface area is 134 Å². The largest absolute Gasteiger partial charge is 0.376 e. The quantitative estimate of drug-likeness (QED) is 0.698. The molecule has 0 aromatic carbocycles. The van der Waals surface area contributed by atoms with Gasteiger partial charge in [-0.1, -0.05) is 0 Å². The van der Waals surface area contributed by atoms with Crippen LogP contribution in [0.2, 0.25) is 0 Å². The molecule has 0 saturated carbocycles. The van der Waals surface area contributed by atoms with Crippen LogP contribution in [-0.2, 0) is 14.3 Å². The van der Waals surface area contributed by atoms with Gasteiger partial charge < -0.3 is 19.3 Å². The summed E-state index contributed by atoms with van der Waals surface area (Å²) in [7, 11) is 0. The highest BCUT2D eigenvalue weighted by Gasteiger charge is 2.42. The van der Waals surface area contributed by atoms with Gasteiger partial charge in [0.15, 0.2) is 0 Å². The summed E-state index contributed by atoms with van der Waals surface area (Å²) in [5.74, 6) is -0.124. The second kappa shape index (κ2) is 6.59. The zero-order valence-electron chi connectivity index (χ0n) is 13.1. The standard InChI is InChI=1S/C15H20N4O4/c1-12(20)18-4-6-22-11-15(9-18)10-19(5-7-23-15)14(21)13-2-3-16-17-8-13/h2-3,8H,4-7,9-11H2,1H3/t15-/m1/s1. The van der Waals surface area contributed by atoms with E-state index >= 15 is 0 Å². The summed E-state index contributed by atoms with van der Waals surface area (Å²) in [6.07, 6.45) is 2.95. The van der Waals surface area contributed by atoms with Gasteiger partial charge in [0.2, 0.25) is 5.91 Å². The van der Waals surface area contributed by atoms with Gasteiger partial charge in [0.25, 0.3) is 5.91 Å². The summed E-state index contributed by atoms with van der Waals surface area (Å²) in [4.78, 5) is 27.8. The van der Waals surface area contributed by atoms with E-state index in [1.807, 2.05) is 0 Å². The van der Waals surface area contributed by atoms with Gasteiger partial charge in [0.05, 0.1) is 50.9 Å². The molecule has 0 aliphatic carbocycles. The second-order valence-electron chi connectivity index (χ2n) is 5.88. The average Bonchev–Trinajstić information content (AvgIpc) is 2.78. The van der Waals surface area contributed by atoms with Crippen LogP contribution in [-0.4, -0.2) is 83.4 Å². The summed E-state index contributed by atoms with van der Waals surface area (Å²) >= 11 is 0. The van der Waals surface area contributed by atoms with Gasteiger partial charge in [-0.2, -0.15) is 10.2 Å². The maximum atomic E-state index is 12.6. The number of morpholine rings is 1. The number of ether oxygens (including phenoxy) is 2. The highest BCUT2D eigenvalue weighted by atomic mass is 16.5. The molecule has 23 heavy (non-hydrogen) atoms. The van der Waals surface area contributed by atoms with Gasteiger partial charge in [-0.25, -0.2) is 0 Å². The molecule has 1 aromatic heterocycles. The van der Waals surface area contributed by atoms with Crippen LogP contribution in [0, 0.1) is 0 Å². The SMILES string of the molecule is CC(=O)N1CCOC[C@@]2(C1)CN(C(=O)c1ccnnc1)CCO2. The normalized spacial score (nSPS) is 25.3. The maximum Gasteiger partial charge on any atom is 0.255 e. The van der Waals surface area contributed by atoms with Crippen LogP contribution in [0.15, 0.2) is 18.5 Å². The Kier molecular flexibility index (Phi) is 4.53. The van der Waals surface area contributed by atoms with E-state index in [0.29, 0.717) is 51.6 Å². The zero-order valence-corrected chi connectivity index (χ0v) is 13.1. The monoisotopic (exact) mass is 320 g/mol. The molecule has 1 spiro atoms. The lowest BCUT2D eigenvalue weighted by molar-refractivity contribution is -0.145. The van der Waals surface area contributed by atoms with E-state index in [0.717, 1.165) is 0 Å². The first-order valence-corrected chi connectivity index (χ1v) is 7.63. The molecule has 2 aliphatic rings. The molecule has 0 bridgehead atoms. The van der Waals surface area contributed by atoms with Gasteiger partial charge in [0, 0.05) is 20.0 Å². The lowest BCUT2D eigenvalue weighted by atomic mass is 10.0. The summed E-state index contributed by atoms with van der Waals surface area (Å²) in [6.45, 7) is 4.67. The third-order valence-electron chi connectivity index (χ3n) is 4.16. The van der Waals surface area contributed by atoms with Gasteiger partial charge in [-0.05, 0) is 6.07 Å². The Morgan fingerprint density at radius 3 is 2.70 bits per heavy atom. The van der Waals surface area contributed by atoms with Crippen molar-refractivity contribution in [2.75, 3.05) is 46.0 Å². The minimum atomic E-state index is -0.670. The number of carbonyl (C=O) groups is 2. The molecule has 2 saturated heterocycles. The Bertz CT molecular complexity index is 582. The molecule has 3 rings (SSSR count). The highest BCUT2D eigenvalue weighted by molar-refractivity contribution is 5.93. The third-order valence-corrected chi connectivity index (χ3v) is 4.16. The molecule has 2 amide bonds. The Hall–Kier alpha value is -2.06. The number of aromatic nitrogens is 2. The minimum absolute atomic E-state index is 0.0136. The van der Waals surface area contributed by atoms with Gasteiger partial charge >= 0.3 is 0 Å². The number of rotatable bonds is 1. The van der Waals surface area contributed by atoms with Crippen LogP contribution in [0.25, 0.3) is 0 Å². The van der Waals surface area contributed by atoms with Gasteiger partial charge in [0.1, 0.15) is 5.60 Å². The van der Waals surface area contributed by atoms with Crippen LogP contribution < -0.4 is 0 Å². The fourth-order valence-corrected chi connectivity index (χ4v) is 2.98. The molecule has 0 unspecified atom stereocenters. The first-order chi connectivity index (χ1) is 11.1. The third kappa shape index (κ3) is 3.48. The van der Waals surface area contributed by atoms with E-state index in [2.05, 4.69) is 10.2 Å². The van der Waals surface area contributed by atoms with E-state index in [4.69, 9.17) is 9.47 Å². The van der Waals surface area contributed by atoms with Crippen molar-refractivity contribution in [2.24, 2.45) is 0 Å². The number of carbonyl (C=O) groups excluding carboxylic acids is 2. The lowest BCUT2D eigenvalue weighted by Gasteiger charge is -2.43. The zero-order chi connectivity index (χ0) is 16.3. The first kappa shape index (κ1) is 15.8. The summed E-state index contributed by atoms with van der Waals surface area (Å²) in [5.41, 5.74) is -0.175. The molecule has 124 valence electrons. The molecule has 0 N–H and O–H groups in total. The molecule has 1 atom stereocenters. The van der Waals surface area contributed by atoms with Crippen LogP contribution in [0.4, 0.5) is 0 Å².